The minimum absolute atomic E-state index is 0.169. The number of hydrogen-bond donors (Lipinski definition) is 2. The van der Waals surface area contributed by atoms with E-state index in [4.69, 9.17) is 0 Å². The lowest BCUT2D eigenvalue weighted by Gasteiger charge is -2.12. The number of rotatable bonds is 4. The molecule has 118 valence electrons. The van der Waals surface area contributed by atoms with E-state index in [0.29, 0.717) is 16.2 Å². The number of fused-ring (bicyclic) bond motifs is 1. The second kappa shape index (κ2) is 6.33. The van der Waals surface area contributed by atoms with Crippen molar-refractivity contribution in [1.82, 2.24) is 19.9 Å². The number of aromatic nitrogens is 4. The number of nitrogens with one attached hydrogen (secondary N) is 2. The molecule has 0 saturated heterocycles. The number of nitrogens with zero attached hydrogens (tertiary/aromatic N) is 3. The molecular formula is C15H14FN5OS. The number of anilines is 1. The predicted octanol–water partition coefficient (Wildman–Crippen LogP) is 2.92. The molecular weight excluding hydrogens is 317 g/mol. The van der Waals surface area contributed by atoms with E-state index in [0.717, 1.165) is 5.56 Å². The molecule has 23 heavy (non-hydrogen) atoms. The number of thioether (sulfide) groups is 1. The first-order valence-corrected chi connectivity index (χ1v) is 7.80. The summed E-state index contributed by atoms with van der Waals surface area (Å²) >= 11 is 1.26. The molecule has 0 bridgehead atoms. The van der Waals surface area contributed by atoms with Crippen molar-refractivity contribution in [2.24, 2.45) is 0 Å². The standard InChI is InChI=1S/C15H14FN5OS/c1-8-3-4-11(10(16)5-8)21-14(22)9(2)23-15-12-13(18-6-17-12)19-7-20-15/h3-7,9H,1-2H3,(H,21,22)(H,17,18,19,20). The Morgan fingerprint density at radius 3 is 2.96 bits per heavy atom. The van der Waals surface area contributed by atoms with Gasteiger partial charge in [0.2, 0.25) is 5.91 Å². The van der Waals surface area contributed by atoms with E-state index in [1.807, 2.05) is 0 Å². The number of aryl methyl sites for hydroxylation is 1. The zero-order chi connectivity index (χ0) is 16.4. The lowest BCUT2D eigenvalue weighted by atomic mass is 10.2. The highest BCUT2D eigenvalue weighted by atomic mass is 32.2. The first-order chi connectivity index (χ1) is 11.0. The summed E-state index contributed by atoms with van der Waals surface area (Å²) in [7, 11) is 0. The maximum Gasteiger partial charge on any atom is 0.237 e. The summed E-state index contributed by atoms with van der Waals surface area (Å²) < 4.78 is 13.8. The van der Waals surface area contributed by atoms with Crippen LogP contribution >= 0.6 is 11.8 Å². The van der Waals surface area contributed by atoms with Crippen LogP contribution in [0.1, 0.15) is 12.5 Å². The van der Waals surface area contributed by atoms with Gasteiger partial charge < -0.3 is 10.3 Å². The second-order valence-corrected chi connectivity index (χ2v) is 6.34. The fourth-order valence-electron chi connectivity index (χ4n) is 2.01. The Bertz CT molecular complexity index is 866. The number of hydrogen-bond acceptors (Lipinski definition) is 5. The Morgan fingerprint density at radius 1 is 1.35 bits per heavy atom. The molecule has 0 spiro atoms. The summed E-state index contributed by atoms with van der Waals surface area (Å²) in [4.78, 5) is 27.4. The van der Waals surface area contributed by atoms with Crippen molar-refractivity contribution in [1.29, 1.82) is 0 Å². The molecule has 1 amide bonds. The highest BCUT2D eigenvalue weighted by Crippen LogP contribution is 2.27. The van der Waals surface area contributed by atoms with Crippen LogP contribution in [-0.4, -0.2) is 31.1 Å². The van der Waals surface area contributed by atoms with E-state index in [-0.39, 0.29) is 11.6 Å². The van der Waals surface area contributed by atoms with Crippen molar-refractivity contribution in [3.8, 4) is 0 Å². The van der Waals surface area contributed by atoms with E-state index < -0.39 is 11.1 Å². The molecule has 1 aromatic carbocycles. The van der Waals surface area contributed by atoms with Gasteiger partial charge in [-0.25, -0.2) is 19.3 Å². The molecule has 8 heteroatoms. The number of amides is 1. The van der Waals surface area contributed by atoms with Crippen molar-refractivity contribution in [2.75, 3.05) is 5.32 Å². The van der Waals surface area contributed by atoms with Crippen LogP contribution in [0.15, 0.2) is 35.9 Å². The molecule has 2 N–H and O–H groups in total. The molecule has 6 nitrogen and oxygen atoms in total. The van der Waals surface area contributed by atoms with Gasteiger partial charge in [-0.2, -0.15) is 0 Å². The Hall–Kier alpha value is -2.48. The van der Waals surface area contributed by atoms with Gasteiger partial charge in [-0.3, -0.25) is 4.79 Å². The highest BCUT2D eigenvalue weighted by Gasteiger charge is 2.19. The van der Waals surface area contributed by atoms with Crippen LogP contribution in [0.5, 0.6) is 0 Å². The van der Waals surface area contributed by atoms with Crippen LogP contribution in [-0.2, 0) is 4.79 Å². The van der Waals surface area contributed by atoms with Crippen LogP contribution < -0.4 is 5.32 Å². The SMILES string of the molecule is Cc1ccc(NC(=O)C(C)Sc2ncnc3nc[nH]c23)c(F)c1. The fourth-order valence-corrected chi connectivity index (χ4v) is 2.89. The van der Waals surface area contributed by atoms with Gasteiger partial charge in [0, 0.05) is 0 Å². The molecule has 0 fully saturated rings. The number of carbonyl (C=O) groups is 1. The normalized spacial score (nSPS) is 12.3. The average molecular weight is 331 g/mol. The van der Waals surface area contributed by atoms with Gasteiger partial charge >= 0.3 is 0 Å². The van der Waals surface area contributed by atoms with Crippen LogP contribution in [0.3, 0.4) is 0 Å². The molecule has 3 aromatic rings. The lowest BCUT2D eigenvalue weighted by Crippen LogP contribution is -2.23. The summed E-state index contributed by atoms with van der Waals surface area (Å²) in [6, 6.07) is 4.68. The first-order valence-electron chi connectivity index (χ1n) is 6.92. The number of halogens is 1. The monoisotopic (exact) mass is 331 g/mol. The van der Waals surface area contributed by atoms with E-state index in [1.165, 1.54) is 30.5 Å². The van der Waals surface area contributed by atoms with Crippen LogP contribution in [0.4, 0.5) is 10.1 Å². The third-order valence-electron chi connectivity index (χ3n) is 3.23. The van der Waals surface area contributed by atoms with Crippen molar-refractivity contribution in [2.45, 2.75) is 24.1 Å². The molecule has 3 rings (SSSR count). The zero-order valence-electron chi connectivity index (χ0n) is 12.5. The van der Waals surface area contributed by atoms with E-state index in [9.17, 15) is 9.18 Å². The Balaban J connectivity index is 1.74. The quantitative estimate of drug-likeness (QED) is 0.567. The zero-order valence-corrected chi connectivity index (χ0v) is 13.3. The van der Waals surface area contributed by atoms with Gasteiger partial charge in [-0.05, 0) is 31.5 Å². The number of carbonyl (C=O) groups excluding carboxylic acids is 1. The van der Waals surface area contributed by atoms with E-state index in [1.54, 1.807) is 26.0 Å². The maximum absolute atomic E-state index is 13.8. The Morgan fingerprint density at radius 2 is 2.17 bits per heavy atom. The van der Waals surface area contributed by atoms with Gasteiger partial charge in [0.05, 0.1) is 17.3 Å². The van der Waals surface area contributed by atoms with Crippen LogP contribution in [0.25, 0.3) is 11.2 Å². The summed E-state index contributed by atoms with van der Waals surface area (Å²) in [6.45, 7) is 3.52. The van der Waals surface area contributed by atoms with Gasteiger partial charge in [-0.1, -0.05) is 17.8 Å². The Labute approximate surface area is 135 Å². The summed E-state index contributed by atoms with van der Waals surface area (Å²) in [5.74, 6) is -0.752. The molecule has 2 heterocycles. The molecule has 2 aromatic heterocycles. The van der Waals surface area contributed by atoms with E-state index in [2.05, 4.69) is 25.3 Å². The molecule has 0 aliphatic heterocycles. The number of aromatic amines is 1. The third-order valence-corrected chi connectivity index (χ3v) is 4.33. The number of H-pyrrole nitrogens is 1. The highest BCUT2D eigenvalue weighted by molar-refractivity contribution is 8.00. The lowest BCUT2D eigenvalue weighted by molar-refractivity contribution is -0.115. The van der Waals surface area contributed by atoms with Crippen molar-refractivity contribution in [3.63, 3.8) is 0 Å². The van der Waals surface area contributed by atoms with Crippen molar-refractivity contribution >= 4 is 34.5 Å². The molecule has 0 saturated carbocycles. The summed E-state index contributed by atoms with van der Waals surface area (Å²) in [5, 5.41) is 2.76. The van der Waals surface area contributed by atoms with Gasteiger partial charge in [-0.15, -0.1) is 0 Å². The van der Waals surface area contributed by atoms with Gasteiger partial charge in [0.1, 0.15) is 22.7 Å². The molecule has 1 atom stereocenters. The van der Waals surface area contributed by atoms with Gasteiger partial charge in [0.15, 0.2) is 5.65 Å². The molecule has 0 radical (unpaired) electrons. The molecule has 0 aliphatic rings. The molecule has 0 aliphatic carbocycles. The largest absolute Gasteiger partial charge is 0.341 e. The number of imidazole rings is 1. The maximum atomic E-state index is 13.8. The minimum Gasteiger partial charge on any atom is -0.341 e. The van der Waals surface area contributed by atoms with Crippen LogP contribution in [0, 0.1) is 12.7 Å². The van der Waals surface area contributed by atoms with Crippen molar-refractivity contribution in [3.05, 3.63) is 42.2 Å². The minimum atomic E-state index is -0.461. The van der Waals surface area contributed by atoms with Crippen LogP contribution in [0.2, 0.25) is 0 Å². The first kappa shape index (κ1) is 15.4. The smallest absolute Gasteiger partial charge is 0.237 e. The topological polar surface area (TPSA) is 83.6 Å². The van der Waals surface area contributed by atoms with Crippen molar-refractivity contribution < 1.29 is 9.18 Å². The summed E-state index contributed by atoms with van der Waals surface area (Å²) in [5.41, 5.74) is 2.19. The number of benzene rings is 1. The van der Waals surface area contributed by atoms with E-state index >= 15 is 0 Å². The second-order valence-electron chi connectivity index (χ2n) is 5.01. The van der Waals surface area contributed by atoms with Gasteiger partial charge in [0.25, 0.3) is 0 Å². The summed E-state index contributed by atoms with van der Waals surface area (Å²) in [6.07, 6.45) is 2.92. The predicted molar refractivity (Wildman–Crippen MR) is 86.8 cm³/mol. The fraction of sp³-hybridized carbons (Fsp3) is 0.200. The third kappa shape index (κ3) is 3.31. The average Bonchev–Trinajstić information content (AvgIpc) is 2.99. The molecule has 1 unspecified atom stereocenters. The Kier molecular flexibility index (Phi) is 4.24.